The number of benzene rings is 1. The van der Waals surface area contributed by atoms with E-state index >= 15 is 0 Å². The topological polar surface area (TPSA) is 81.0 Å². The molecular weight excluding hydrogens is 558 g/mol. The molecular formula is C30H32BrN5O3. The number of nitrogens with one attached hydrogen (secondary N) is 1. The van der Waals surface area contributed by atoms with E-state index in [2.05, 4.69) is 56.7 Å². The van der Waals surface area contributed by atoms with Crippen molar-refractivity contribution in [1.82, 2.24) is 19.5 Å². The van der Waals surface area contributed by atoms with E-state index in [4.69, 9.17) is 14.5 Å². The summed E-state index contributed by atoms with van der Waals surface area (Å²) < 4.78 is 15.0. The van der Waals surface area contributed by atoms with Crippen molar-refractivity contribution >= 4 is 33.3 Å². The number of allylic oxidation sites excluding steroid dienone is 2. The summed E-state index contributed by atoms with van der Waals surface area (Å²) in [5.41, 5.74) is 3.80. The molecule has 1 aromatic carbocycles. The smallest absolute Gasteiger partial charge is 0.254 e. The number of carbonyl (C=O) groups excluding carboxylic acids is 1. The van der Waals surface area contributed by atoms with Crippen LogP contribution in [-0.2, 0) is 14.3 Å². The summed E-state index contributed by atoms with van der Waals surface area (Å²) in [6.07, 6.45) is 13.0. The Labute approximate surface area is 236 Å². The molecule has 4 heterocycles. The van der Waals surface area contributed by atoms with Gasteiger partial charge >= 0.3 is 0 Å². The molecule has 2 aliphatic carbocycles. The van der Waals surface area contributed by atoms with E-state index in [1.54, 1.807) is 6.20 Å². The number of amides is 1. The molecule has 1 amide bonds. The lowest BCUT2D eigenvalue weighted by atomic mass is 9.92. The SMILES string of the molecule is CC12C=CC=CC1OC(C(=O)N1CCC(Nc3cc(-c4ccccc4C4CC4)nc4c(Br)cnn34)CC1)CO2. The molecule has 202 valence electrons. The maximum Gasteiger partial charge on any atom is 0.254 e. The van der Waals surface area contributed by atoms with Gasteiger partial charge in [-0.3, -0.25) is 4.79 Å². The van der Waals surface area contributed by atoms with Crippen LogP contribution in [-0.4, -0.2) is 69.0 Å². The van der Waals surface area contributed by atoms with E-state index in [1.165, 1.54) is 24.0 Å². The van der Waals surface area contributed by atoms with E-state index in [0.29, 0.717) is 19.0 Å². The van der Waals surface area contributed by atoms with Gasteiger partial charge in [-0.15, -0.1) is 0 Å². The van der Waals surface area contributed by atoms with E-state index in [9.17, 15) is 4.79 Å². The lowest BCUT2D eigenvalue weighted by Gasteiger charge is -2.43. The Bertz CT molecular complexity index is 1470. The van der Waals surface area contributed by atoms with E-state index < -0.39 is 11.7 Å². The van der Waals surface area contributed by atoms with Crippen LogP contribution in [0.5, 0.6) is 0 Å². The third-order valence-corrected chi connectivity index (χ3v) is 8.92. The maximum atomic E-state index is 13.3. The van der Waals surface area contributed by atoms with Gasteiger partial charge in [-0.05, 0) is 60.0 Å². The van der Waals surface area contributed by atoms with Crippen LogP contribution in [0.4, 0.5) is 5.82 Å². The number of aromatic nitrogens is 3. The van der Waals surface area contributed by atoms with Crippen LogP contribution in [0.2, 0.25) is 0 Å². The van der Waals surface area contributed by atoms with Crippen LogP contribution in [0.1, 0.15) is 44.1 Å². The zero-order chi connectivity index (χ0) is 26.6. The first-order valence-corrected chi connectivity index (χ1v) is 14.6. The fourth-order valence-corrected chi connectivity index (χ4v) is 6.27. The number of hydrogen-bond acceptors (Lipinski definition) is 6. The first-order chi connectivity index (χ1) is 19.0. The second-order valence-corrected chi connectivity index (χ2v) is 12.0. The van der Waals surface area contributed by atoms with Gasteiger partial charge in [0.2, 0.25) is 0 Å². The number of halogens is 1. The quantitative estimate of drug-likeness (QED) is 0.445. The van der Waals surface area contributed by atoms with E-state index in [1.807, 2.05) is 40.6 Å². The van der Waals surface area contributed by atoms with Crippen LogP contribution >= 0.6 is 15.9 Å². The summed E-state index contributed by atoms with van der Waals surface area (Å²) in [5.74, 6) is 1.56. The Morgan fingerprint density at radius 3 is 2.79 bits per heavy atom. The minimum absolute atomic E-state index is 0.0136. The number of rotatable bonds is 5. The minimum Gasteiger partial charge on any atom is -0.367 e. The molecule has 0 bridgehead atoms. The molecule has 2 saturated heterocycles. The largest absolute Gasteiger partial charge is 0.367 e. The zero-order valence-corrected chi connectivity index (χ0v) is 23.5. The molecule has 39 heavy (non-hydrogen) atoms. The highest BCUT2D eigenvalue weighted by Gasteiger charge is 2.43. The van der Waals surface area contributed by atoms with Crippen molar-refractivity contribution in [2.75, 3.05) is 25.0 Å². The summed E-state index contributed by atoms with van der Waals surface area (Å²) in [4.78, 5) is 20.2. The molecule has 3 fully saturated rings. The van der Waals surface area contributed by atoms with Crippen LogP contribution in [0.25, 0.3) is 16.9 Å². The fourth-order valence-electron chi connectivity index (χ4n) is 5.92. The first-order valence-electron chi connectivity index (χ1n) is 13.8. The van der Waals surface area contributed by atoms with Gasteiger partial charge in [-0.25, -0.2) is 4.98 Å². The predicted octanol–water partition coefficient (Wildman–Crippen LogP) is 5.11. The third kappa shape index (κ3) is 4.70. The highest BCUT2D eigenvalue weighted by atomic mass is 79.9. The Morgan fingerprint density at radius 2 is 1.97 bits per heavy atom. The number of piperidine rings is 1. The molecule has 3 unspecified atom stereocenters. The van der Waals surface area contributed by atoms with E-state index in [-0.39, 0.29) is 24.7 Å². The van der Waals surface area contributed by atoms with Crippen molar-refractivity contribution in [2.24, 2.45) is 0 Å². The number of hydrogen-bond donors (Lipinski definition) is 1. The Hall–Kier alpha value is -3.01. The van der Waals surface area contributed by atoms with Crippen LogP contribution in [0, 0.1) is 0 Å². The Kier molecular flexibility index (Phi) is 6.33. The molecule has 9 heteroatoms. The van der Waals surface area contributed by atoms with Gasteiger partial charge < -0.3 is 19.7 Å². The van der Waals surface area contributed by atoms with Gasteiger partial charge in [0.25, 0.3) is 5.91 Å². The highest BCUT2D eigenvalue weighted by Crippen LogP contribution is 2.44. The summed E-state index contributed by atoms with van der Waals surface area (Å²) in [7, 11) is 0. The van der Waals surface area contributed by atoms with Crippen molar-refractivity contribution in [3.8, 4) is 11.3 Å². The zero-order valence-electron chi connectivity index (χ0n) is 21.9. The fraction of sp³-hybridized carbons (Fsp3) is 0.433. The van der Waals surface area contributed by atoms with E-state index in [0.717, 1.165) is 34.5 Å². The monoisotopic (exact) mass is 589 g/mol. The molecule has 2 aromatic heterocycles. The van der Waals surface area contributed by atoms with Crippen molar-refractivity contribution in [2.45, 2.75) is 62.4 Å². The highest BCUT2D eigenvalue weighted by molar-refractivity contribution is 9.10. The Morgan fingerprint density at radius 1 is 1.15 bits per heavy atom. The molecule has 0 spiro atoms. The predicted molar refractivity (Wildman–Crippen MR) is 153 cm³/mol. The normalized spacial score (nSPS) is 27.1. The van der Waals surface area contributed by atoms with Gasteiger partial charge in [0, 0.05) is 30.8 Å². The van der Waals surface area contributed by atoms with Crippen molar-refractivity contribution in [3.63, 3.8) is 0 Å². The first kappa shape index (κ1) is 25.0. The molecule has 1 saturated carbocycles. The molecule has 3 aromatic rings. The summed E-state index contributed by atoms with van der Waals surface area (Å²) >= 11 is 3.63. The lowest BCUT2D eigenvalue weighted by Crippen LogP contribution is -2.56. The second kappa shape index (κ2) is 9.87. The third-order valence-electron chi connectivity index (χ3n) is 8.36. The number of nitrogens with zero attached hydrogens (tertiary/aromatic N) is 4. The van der Waals surface area contributed by atoms with Crippen LogP contribution in [0.3, 0.4) is 0 Å². The molecule has 1 N–H and O–H groups in total. The van der Waals surface area contributed by atoms with Crippen molar-refractivity contribution < 1.29 is 14.3 Å². The minimum atomic E-state index is -0.570. The van der Waals surface area contributed by atoms with Gasteiger partial charge in [0.15, 0.2) is 11.8 Å². The maximum absolute atomic E-state index is 13.3. The van der Waals surface area contributed by atoms with Crippen LogP contribution in [0.15, 0.2) is 65.3 Å². The lowest BCUT2D eigenvalue weighted by molar-refractivity contribution is -0.202. The molecule has 3 atom stereocenters. The molecule has 4 aliphatic rings. The molecule has 0 radical (unpaired) electrons. The van der Waals surface area contributed by atoms with Gasteiger partial charge in [-0.1, -0.05) is 48.6 Å². The Balaban J connectivity index is 1.05. The number of fused-ring (bicyclic) bond motifs is 2. The van der Waals surface area contributed by atoms with Crippen molar-refractivity contribution in [1.29, 1.82) is 0 Å². The summed E-state index contributed by atoms with van der Waals surface area (Å²) in [6.45, 7) is 3.61. The number of anilines is 1. The summed E-state index contributed by atoms with van der Waals surface area (Å²) in [6, 6.07) is 10.9. The molecule has 8 nitrogen and oxygen atoms in total. The average molecular weight is 591 g/mol. The van der Waals surface area contributed by atoms with Gasteiger partial charge in [0.05, 0.1) is 23.0 Å². The number of likely N-dealkylation sites (tertiary alicyclic amines) is 1. The summed E-state index contributed by atoms with van der Waals surface area (Å²) in [5, 5.41) is 8.29. The van der Waals surface area contributed by atoms with Crippen LogP contribution < -0.4 is 5.32 Å². The standard InChI is InChI=1S/C30H32BrN5O3/c1-30-13-5-4-8-26(30)39-25(18-38-30)29(37)35-14-11-20(12-15-35)33-27-16-24(34-28-23(31)17-32-36(27)28)22-7-3-2-6-21(22)19-9-10-19/h2-8,13,16-17,19-20,25-26,33H,9-12,14-15,18H2,1H3. The molecule has 7 rings (SSSR count). The number of ether oxygens (including phenoxy) is 2. The van der Waals surface area contributed by atoms with Crippen molar-refractivity contribution in [3.05, 3.63) is 70.9 Å². The number of carbonyl (C=O) groups is 1. The van der Waals surface area contributed by atoms with Gasteiger partial charge in [0.1, 0.15) is 17.5 Å². The van der Waals surface area contributed by atoms with Gasteiger partial charge in [-0.2, -0.15) is 9.61 Å². The second-order valence-electron chi connectivity index (χ2n) is 11.1. The molecule has 2 aliphatic heterocycles. The average Bonchev–Trinajstić information content (AvgIpc) is 3.75.